The average Bonchev–Trinajstić information content (AvgIpc) is 2.79. The number of piperidine rings is 1. The van der Waals surface area contributed by atoms with Gasteiger partial charge in [0.15, 0.2) is 0 Å². The molecule has 0 amide bonds. The van der Waals surface area contributed by atoms with Gasteiger partial charge in [0.25, 0.3) is 0 Å². The fourth-order valence-corrected chi connectivity index (χ4v) is 3.56. The molecule has 1 heterocycles. The quantitative estimate of drug-likeness (QED) is 0.770. The van der Waals surface area contributed by atoms with E-state index >= 15 is 0 Å². The van der Waals surface area contributed by atoms with Crippen LogP contribution in [0.15, 0.2) is 0 Å². The van der Waals surface area contributed by atoms with E-state index < -0.39 is 0 Å². The zero-order valence-corrected chi connectivity index (χ0v) is 11.6. The van der Waals surface area contributed by atoms with Crippen LogP contribution in [0.1, 0.15) is 38.5 Å². The van der Waals surface area contributed by atoms with Crippen molar-refractivity contribution in [1.82, 2.24) is 4.90 Å². The summed E-state index contributed by atoms with van der Waals surface area (Å²) in [6, 6.07) is 0. The molecule has 0 aromatic heterocycles. The van der Waals surface area contributed by atoms with Gasteiger partial charge in [0.2, 0.25) is 0 Å². The summed E-state index contributed by atoms with van der Waals surface area (Å²) in [6.07, 6.45) is 7.27. The summed E-state index contributed by atoms with van der Waals surface area (Å²) in [5, 5.41) is 9.45. The maximum Gasteiger partial charge on any atom is 0.0698 e. The van der Waals surface area contributed by atoms with Crippen LogP contribution in [0.4, 0.5) is 0 Å². The first kappa shape index (κ1) is 14.3. The number of likely N-dealkylation sites (tertiary alicyclic amines) is 1. The predicted molar refractivity (Wildman–Crippen MR) is 72.4 cm³/mol. The van der Waals surface area contributed by atoms with E-state index in [2.05, 4.69) is 4.90 Å². The topological polar surface area (TPSA) is 58.7 Å². The minimum atomic E-state index is -0.309. The molecule has 0 aromatic carbocycles. The molecule has 2 fully saturated rings. The van der Waals surface area contributed by atoms with E-state index in [9.17, 15) is 5.11 Å². The maximum atomic E-state index is 9.45. The Kier molecular flexibility index (Phi) is 5.01. The standard InChI is InChI=1S/C14H28N2O2/c1-18-13-5-3-8-16(10-13)9-6-12-4-2-7-14(12,15)11-17/h12-13,17H,2-11,15H2,1H3. The Morgan fingerprint density at radius 1 is 1.39 bits per heavy atom. The second-order valence-corrected chi connectivity index (χ2v) is 6.07. The fourth-order valence-electron chi connectivity index (χ4n) is 3.56. The molecule has 18 heavy (non-hydrogen) atoms. The molecule has 3 unspecified atom stereocenters. The van der Waals surface area contributed by atoms with Crippen LogP contribution in [0, 0.1) is 5.92 Å². The molecule has 3 N–H and O–H groups in total. The summed E-state index contributed by atoms with van der Waals surface area (Å²) in [7, 11) is 1.81. The molecule has 3 atom stereocenters. The van der Waals surface area contributed by atoms with E-state index in [1.165, 1.54) is 32.2 Å². The molecule has 0 aromatic rings. The first-order valence-electron chi connectivity index (χ1n) is 7.33. The van der Waals surface area contributed by atoms with Crippen LogP contribution in [0.2, 0.25) is 0 Å². The van der Waals surface area contributed by atoms with Crippen molar-refractivity contribution in [2.45, 2.75) is 50.2 Å². The lowest BCUT2D eigenvalue weighted by Gasteiger charge is -2.35. The Morgan fingerprint density at radius 3 is 2.94 bits per heavy atom. The molecule has 1 saturated carbocycles. The van der Waals surface area contributed by atoms with Crippen LogP contribution in [-0.4, -0.2) is 55.0 Å². The van der Waals surface area contributed by atoms with Crippen LogP contribution >= 0.6 is 0 Å². The van der Waals surface area contributed by atoms with Gasteiger partial charge in [-0.3, -0.25) is 0 Å². The van der Waals surface area contributed by atoms with Gasteiger partial charge < -0.3 is 20.5 Å². The van der Waals surface area contributed by atoms with Crippen LogP contribution in [0.5, 0.6) is 0 Å². The zero-order valence-electron chi connectivity index (χ0n) is 11.6. The Balaban J connectivity index is 1.77. The summed E-state index contributed by atoms with van der Waals surface area (Å²) >= 11 is 0. The molecule has 106 valence electrons. The highest BCUT2D eigenvalue weighted by atomic mass is 16.5. The number of aliphatic hydroxyl groups excluding tert-OH is 1. The Morgan fingerprint density at radius 2 is 2.22 bits per heavy atom. The van der Waals surface area contributed by atoms with Crippen molar-refractivity contribution in [3.05, 3.63) is 0 Å². The van der Waals surface area contributed by atoms with Crippen molar-refractivity contribution < 1.29 is 9.84 Å². The first-order valence-corrected chi connectivity index (χ1v) is 7.33. The van der Waals surface area contributed by atoms with E-state index in [1.54, 1.807) is 0 Å². The number of aliphatic hydroxyl groups is 1. The predicted octanol–water partition coefficient (Wildman–Crippen LogP) is 0.977. The van der Waals surface area contributed by atoms with E-state index in [0.29, 0.717) is 12.0 Å². The van der Waals surface area contributed by atoms with Gasteiger partial charge in [-0.2, -0.15) is 0 Å². The Labute approximate surface area is 110 Å². The average molecular weight is 256 g/mol. The first-order chi connectivity index (χ1) is 8.68. The number of rotatable bonds is 5. The molecule has 0 spiro atoms. The van der Waals surface area contributed by atoms with Gasteiger partial charge in [-0.05, 0) is 51.1 Å². The third-order valence-corrected chi connectivity index (χ3v) is 4.89. The van der Waals surface area contributed by atoms with Crippen molar-refractivity contribution >= 4 is 0 Å². The SMILES string of the molecule is COC1CCCN(CCC2CCCC2(N)CO)C1. The molecule has 2 aliphatic rings. The number of ether oxygens (including phenoxy) is 1. The van der Waals surface area contributed by atoms with E-state index in [1.807, 2.05) is 7.11 Å². The highest BCUT2D eigenvalue weighted by Gasteiger charge is 2.38. The zero-order chi connectivity index (χ0) is 13.0. The lowest BCUT2D eigenvalue weighted by molar-refractivity contribution is 0.0276. The van der Waals surface area contributed by atoms with Gasteiger partial charge in [-0.25, -0.2) is 0 Å². The lowest BCUT2D eigenvalue weighted by Crippen LogP contribution is -2.48. The van der Waals surface area contributed by atoms with Crippen molar-refractivity contribution in [1.29, 1.82) is 0 Å². The summed E-state index contributed by atoms with van der Waals surface area (Å²) in [6.45, 7) is 3.48. The van der Waals surface area contributed by atoms with Crippen molar-refractivity contribution in [2.75, 3.05) is 33.4 Å². The van der Waals surface area contributed by atoms with Gasteiger partial charge in [0, 0.05) is 19.2 Å². The Bertz CT molecular complexity index is 262. The molecule has 4 nitrogen and oxygen atoms in total. The van der Waals surface area contributed by atoms with E-state index in [0.717, 1.165) is 25.9 Å². The fraction of sp³-hybridized carbons (Fsp3) is 1.00. The van der Waals surface area contributed by atoms with Gasteiger partial charge >= 0.3 is 0 Å². The number of nitrogens with two attached hydrogens (primary N) is 1. The third kappa shape index (κ3) is 3.23. The van der Waals surface area contributed by atoms with Crippen molar-refractivity contribution in [3.8, 4) is 0 Å². The number of hydrogen-bond acceptors (Lipinski definition) is 4. The van der Waals surface area contributed by atoms with Crippen molar-refractivity contribution in [3.63, 3.8) is 0 Å². The molecule has 0 bridgehead atoms. The smallest absolute Gasteiger partial charge is 0.0698 e. The second-order valence-electron chi connectivity index (χ2n) is 6.07. The summed E-state index contributed by atoms with van der Waals surface area (Å²) < 4.78 is 5.45. The highest BCUT2D eigenvalue weighted by molar-refractivity contribution is 4.96. The normalized spacial score (nSPS) is 38.2. The molecule has 4 heteroatoms. The summed E-state index contributed by atoms with van der Waals surface area (Å²) in [4.78, 5) is 2.49. The molecule has 0 radical (unpaired) electrons. The molecule has 1 aliphatic carbocycles. The monoisotopic (exact) mass is 256 g/mol. The van der Waals surface area contributed by atoms with Gasteiger partial charge in [0.1, 0.15) is 0 Å². The van der Waals surface area contributed by atoms with Crippen LogP contribution in [0.25, 0.3) is 0 Å². The molecular weight excluding hydrogens is 228 g/mol. The van der Waals surface area contributed by atoms with Gasteiger partial charge in [-0.15, -0.1) is 0 Å². The largest absolute Gasteiger partial charge is 0.394 e. The molecule has 1 aliphatic heterocycles. The van der Waals surface area contributed by atoms with Gasteiger partial charge in [-0.1, -0.05) is 6.42 Å². The van der Waals surface area contributed by atoms with Crippen LogP contribution < -0.4 is 5.73 Å². The molecule has 1 saturated heterocycles. The highest BCUT2D eigenvalue weighted by Crippen LogP contribution is 2.35. The number of nitrogens with zero attached hydrogens (tertiary/aromatic N) is 1. The van der Waals surface area contributed by atoms with Crippen LogP contribution in [0.3, 0.4) is 0 Å². The summed E-state index contributed by atoms with van der Waals surface area (Å²) in [5.41, 5.74) is 5.97. The second kappa shape index (κ2) is 6.33. The molecule has 2 rings (SSSR count). The van der Waals surface area contributed by atoms with Gasteiger partial charge in [0.05, 0.1) is 12.7 Å². The lowest BCUT2D eigenvalue weighted by atomic mass is 9.86. The minimum absolute atomic E-state index is 0.137. The number of hydrogen-bond donors (Lipinski definition) is 2. The Hall–Kier alpha value is -0.160. The van der Waals surface area contributed by atoms with Crippen LogP contribution in [-0.2, 0) is 4.74 Å². The summed E-state index contributed by atoms with van der Waals surface area (Å²) in [5.74, 6) is 0.491. The molecular formula is C14H28N2O2. The van der Waals surface area contributed by atoms with Crippen molar-refractivity contribution in [2.24, 2.45) is 11.7 Å². The maximum absolute atomic E-state index is 9.45. The minimum Gasteiger partial charge on any atom is -0.394 e. The van der Waals surface area contributed by atoms with E-state index in [4.69, 9.17) is 10.5 Å². The number of methoxy groups -OCH3 is 1. The van der Waals surface area contributed by atoms with E-state index in [-0.39, 0.29) is 12.1 Å². The third-order valence-electron chi connectivity index (χ3n) is 4.89.